The van der Waals surface area contributed by atoms with Crippen LogP contribution in [-0.2, 0) is 14.8 Å². The molecule has 2 aromatic rings. The van der Waals surface area contributed by atoms with E-state index >= 15 is 0 Å². The number of piperidine rings is 1. The van der Waals surface area contributed by atoms with Gasteiger partial charge in [-0.15, -0.1) is 10.2 Å². The average molecular weight is 476 g/mol. The Bertz CT molecular complexity index is 1090. The monoisotopic (exact) mass is 475 g/mol. The normalized spacial score (nSPS) is 20.8. The van der Waals surface area contributed by atoms with Crippen LogP contribution >= 0.6 is 11.8 Å². The summed E-state index contributed by atoms with van der Waals surface area (Å²) in [6.07, 6.45) is 7.53. The fraction of sp³-hybridized carbons (Fsp3) is 0.591. The number of anilines is 1. The summed E-state index contributed by atoms with van der Waals surface area (Å²) >= 11 is 1.43. The lowest BCUT2D eigenvalue weighted by Gasteiger charge is -2.25. The molecular formula is C22H29N5O3S2. The number of sulfonamides is 1. The maximum Gasteiger partial charge on any atom is 0.243 e. The Morgan fingerprint density at radius 2 is 1.75 bits per heavy atom. The first-order valence-electron chi connectivity index (χ1n) is 11.5. The Labute approximate surface area is 193 Å². The zero-order valence-corrected chi connectivity index (χ0v) is 19.9. The van der Waals surface area contributed by atoms with Gasteiger partial charge >= 0.3 is 0 Å². The summed E-state index contributed by atoms with van der Waals surface area (Å²) in [7, 11) is -3.47. The van der Waals surface area contributed by atoms with E-state index in [-0.39, 0.29) is 16.1 Å². The van der Waals surface area contributed by atoms with Gasteiger partial charge in [0.05, 0.1) is 10.1 Å². The van der Waals surface area contributed by atoms with Gasteiger partial charge in [-0.1, -0.05) is 18.2 Å². The van der Waals surface area contributed by atoms with E-state index in [1.165, 1.54) is 24.6 Å². The smallest absolute Gasteiger partial charge is 0.243 e. The van der Waals surface area contributed by atoms with Crippen molar-refractivity contribution in [3.8, 4) is 0 Å². The van der Waals surface area contributed by atoms with Gasteiger partial charge in [0.1, 0.15) is 5.82 Å². The zero-order chi connectivity index (χ0) is 22.3. The first-order valence-corrected chi connectivity index (χ1v) is 13.8. The SMILES string of the molecule is C[C@@H](Sc1nnc(C2CC2)n1C1CC1)C(=O)Nc1ccc(S(=O)(=O)N2CCCCC2)cc1. The molecule has 2 heterocycles. The van der Waals surface area contributed by atoms with Crippen molar-refractivity contribution in [1.82, 2.24) is 19.1 Å². The molecule has 0 unspecified atom stereocenters. The van der Waals surface area contributed by atoms with Crippen molar-refractivity contribution in [3.63, 3.8) is 0 Å². The minimum atomic E-state index is -3.47. The van der Waals surface area contributed by atoms with Crippen LogP contribution in [0.1, 0.15) is 69.7 Å². The molecule has 2 saturated carbocycles. The second-order valence-electron chi connectivity index (χ2n) is 8.95. The predicted octanol–water partition coefficient (Wildman–Crippen LogP) is 3.78. The molecule has 0 bridgehead atoms. The third-order valence-electron chi connectivity index (χ3n) is 6.27. The lowest BCUT2D eigenvalue weighted by Crippen LogP contribution is -2.35. The van der Waals surface area contributed by atoms with Crippen molar-refractivity contribution >= 4 is 33.4 Å². The third-order valence-corrected chi connectivity index (χ3v) is 9.24. The number of hydrogen-bond acceptors (Lipinski definition) is 6. The van der Waals surface area contributed by atoms with Crippen LogP contribution in [0.25, 0.3) is 0 Å². The number of hydrogen-bond donors (Lipinski definition) is 1. The molecule has 8 nitrogen and oxygen atoms in total. The number of thioether (sulfide) groups is 1. The van der Waals surface area contributed by atoms with E-state index in [0.717, 1.165) is 43.1 Å². The highest BCUT2D eigenvalue weighted by Crippen LogP contribution is 2.46. The number of nitrogens with one attached hydrogen (secondary N) is 1. The van der Waals surface area contributed by atoms with Crippen LogP contribution in [0.15, 0.2) is 34.3 Å². The van der Waals surface area contributed by atoms with Gasteiger partial charge in [-0.2, -0.15) is 4.31 Å². The van der Waals surface area contributed by atoms with Gasteiger partial charge in [-0.05, 0) is 69.7 Å². The highest BCUT2D eigenvalue weighted by Gasteiger charge is 2.37. The van der Waals surface area contributed by atoms with E-state index in [4.69, 9.17) is 0 Å². The van der Waals surface area contributed by atoms with E-state index < -0.39 is 10.0 Å². The minimum absolute atomic E-state index is 0.139. The van der Waals surface area contributed by atoms with Gasteiger partial charge in [-0.3, -0.25) is 4.79 Å². The van der Waals surface area contributed by atoms with Crippen LogP contribution in [0, 0.1) is 0 Å². The summed E-state index contributed by atoms with van der Waals surface area (Å²) in [5.74, 6) is 1.47. The highest BCUT2D eigenvalue weighted by atomic mass is 32.2. The zero-order valence-electron chi connectivity index (χ0n) is 18.2. The Kier molecular flexibility index (Phi) is 6.02. The Balaban J connectivity index is 1.22. The molecule has 2 aliphatic carbocycles. The summed E-state index contributed by atoms with van der Waals surface area (Å²) in [5, 5.41) is 12.2. The maximum absolute atomic E-state index is 12.8. The van der Waals surface area contributed by atoms with Gasteiger partial charge < -0.3 is 9.88 Å². The van der Waals surface area contributed by atoms with Crippen molar-refractivity contribution in [2.75, 3.05) is 18.4 Å². The molecule has 32 heavy (non-hydrogen) atoms. The number of benzene rings is 1. The van der Waals surface area contributed by atoms with Gasteiger partial charge in [-0.25, -0.2) is 8.42 Å². The van der Waals surface area contributed by atoms with Gasteiger partial charge in [0.25, 0.3) is 0 Å². The van der Waals surface area contributed by atoms with E-state index in [2.05, 4.69) is 20.1 Å². The lowest BCUT2D eigenvalue weighted by molar-refractivity contribution is -0.115. The molecule has 5 rings (SSSR count). The van der Waals surface area contributed by atoms with Crippen molar-refractivity contribution < 1.29 is 13.2 Å². The molecular weight excluding hydrogens is 446 g/mol. The summed E-state index contributed by atoms with van der Waals surface area (Å²) in [4.78, 5) is 13.0. The molecule has 172 valence electrons. The molecule has 1 atom stereocenters. The number of carbonyl (C=O) groups is 1. The molecule has 3 aliphatic rings. The molecule has 1 saturated heterocycles. The molecule has 0 spiro atoms. The molecule has 1 amide bonds. The molecule has 1 aliphatic heterocycles. The van der Waals surface area contributed by atoms with Gasteiger partial charge in [0.2, 0.25) is 15.9 Å². The summed E-state index contributed by atoms with van der Waals surface area (Å²) in [6.45, 7) is 3.00. The van der Waals surface area contributed by atoms with Crippen LogP contribution in [0.3, 0.4) is 0 Å². The van der Waals surface area contributed by atoms with Gasteiger partial charge in [0, 0.05) is 30.7 Å². The summed E-state index contributed by atoms with van der Waals surface area (Å²) in [5.41, 5.74) is 0.586. The Hall–Kier alpha value is -1.91. The number of rotatable bonds is 8. The first kappa shape index (κ1) is 21.9. The van der Waals surface area contributed by atoms with E-state index in [9.17, 15) is 13.2 Å². The molecule has 3 fully saturated rings. The van der Waals surface area contributed by atoms with Crippen molar-refractivity contribution in [1.29, 1.82) is 0 Å². The van der Waals surface area contributed by atoms with Gasteiger partial charge in [0.15, 0.2) is 5.16 Å². The maximum atomic E-state index is 12.8. The predicted molar refractivity (Wildman–Crippen MR) is 123 cm³/mol. The summed E-state index contributed by atoms with van der Waals surface area (Å²) in [6, 6.07) is 6.94. The molecule has 1 aromatic heterocycles. The molecule has 10 heteroatoms. The highest BCUT2D eigenvalue weighted by molar-refractivity contribution is 8.00. The fourth-order valence-electron chi connectivity index (χ4n) is 4.08. The quantitative estimate of drug-likeness (QED) is 0.584. The van der Waals surface area contributed by atoms with Crippen LogP contribution in [0.4, 0.5) is 5.69 Å². The minimum Gasteiger partial charge on any atom is -0.325 e. The van der Waals surface area contributed by atoms with E-state index in [0.29, 0.717) is 30.7 Å². The Morgan fingerprint density at radius 3 is 2.38 bits per heavy atom. The van der Waals surface area contributed by atoms with Crippen LogP contribution in [0.2, 0.25) is 0 Å². The van der Waals surface area contributed by atoms with Crippen molar-refractivity contribution in [2.45, 2.75) is 79.1 Å². The van der Waals surface area contributed by atoms with E-state index in [1.54, 1.807) is 28.6 Å². The largest absolute Gasteiger partial charge is 0.325 e. The average Bonchev–Trinajstić information content (AvgIpc) is 3.74. The third kappa shape index (κ3) is 4.58. The van der Waals surface area contributed by atoms with Crippen LogP contribution in [0.5, 0.6) is 0 Å². The van der Waals surface area contributed by atoms with Crippen molar-refractivity contribution in [3.05, 3.63) is 30.1 Å². The second-order valence-corrected chi connectivity index (χ2v) is 12.2. The number of carbonyl (C=O) groups excluding carboxylic acids is 1. The fourth-order valence-corrected chi connectivity index (χ4v) is 6.53. The van der Waals surface area contributed by atoms with Crippen LogP contribution < -0.4 is 5.32 Å². The number of aromatic nitrogens is 3. The number of nitrogens with zero attached hydrogens (tertiary/aromatic N) is 4. The van der Waals surface area contributed by atoms with Crippen molar-refractivity contribution in [2.24, 2.45) is 0 Å². The second kappa shape index (κ2) is 8.79. The van der Waals surface area contributed by atoms with Crippen LogP contribution in [-0.4, -0.2) is 51.7 Å². The topological polar surface area (TPSA) is 97.2 Å². The molecule has 0 radical (unpaired) electrons. The standard InChI is InChI=1S/C22H29N5O3S2/c1-15(31-22-25-24-20(16-5-6-16)27(22)18-9-10-18)21(28)23-17-7-11-19(12-8-17)32(29,30)26-13-3-2-4-14-26/h7-8,11-12,15-16,18H,2-6,9-10,13-14H2,1H3,(H,23,28)/t15-/m1/s1. The van der Waals surface area contributed by atoms with E-state index in [1.807, 2.05) is 6.92 Å². The molecule has 1 N–H and O–H groups in total. The lowest BCUT2D eigenvalue weighted by atomic mass is 10.2. The molecule has 1 aromatic carbocycles. The number of amides is 1. The first-order chi connectivity index (χ1) is 15.4. The summed E-state index contributed by atoms with van der Waals surface area (Å²) < 4.78 is 29.4. The Morgan fingerprint density at radius 1 is 1.06 bits per heavy atom.